The SMILES string of the molecule is CCCC(CCN)CCCN1CCCC(C(C)(C)C)CC1. The lowest BCUT2D eigenvalue weighted by atomic mass is 9.77. The second kappa shape index (κ2) is 9.84. The van der Waals surface area contributed by atoms with E-state index in [0.29, 0.717) is 5.41 Å². The summed E-state index contributed by atoms with van der Waals surface area (Å²) in [6, 6.07) is 0. The summed E-state index contributed by atoms with van der Waals surface area (Å²) < 4.78 is 0. The number of rotatable bonds is 8. The van der Waals surface area contributed by atoms with E-state index < -0.39 is 0 Å². The summed E-state index contributed by atoms with van der Waals surface area (Å²) in [6.45, 7) is 14.3. The monoisotopic (exact) mass is 296 g/mol. The number of nitrogens with two attached hydrogens (primary N) is 1. The molecule has 2 unspecified atom stereocenters. The van der Waals surface area contributed by atoms with E-state index in [4.69, 9.17) is 5.73 Å². The van der Waals surface area contributed by atoms with Gasteiger partial charge in [0, 0.05) is 0 Å². The predicted octanol–water partition coefficient (Wildman–Crippen LogP) is 4.68. The van der Waals surface area contributed by atoms with Crippen molar-refractivity contribution in [3.05, 3.63) is 0 Å². The van der Waals surface area contributed by atoms with Gasteiger partial charge in [0.25, 0.3) is 0 Å². The highest BCUT2D eigenvalue weighted by atomic mass is 15.1. The van der Waals surface area contributed by atoms with E-state index in [0.717, 1.165) is 18.4 Å². The average molecular weight is 297 g/mol. The molecule has 0 radical (unpaired) electrons. The fourth-order valence-electron chi connectivity index (χ4n) is 3.93. The third-order valence-electron chi connectivity index (χ3n) is 5.40. The van der Waals surface area contributed by atoms with E-state index in [1.165, 1.54) is 71.0 Å². The Morgan fingerprint density at radius 1 is 1.10 bits per heavy atom. The summed E-state index contributed by atoms with van der Waals surface area (Å²) in [4.78, 5) is 2.72. The molecule has 0 aromatic heterocycles. The zero-order valence-corrected chi connectivity index (χ0v) is 15.2. The molecule has 2 nitrogen and oxygen atoms in total. The van der Waals surface area contributed by atoms with Crippen LogP contribution in [0.5, 0.6) is 0 Å². The van der Waals surface area contributed by atoms with Crippen LogP contribution in [-0.4, -0.2) is 31.1 Å². The molecular weight excluding hydrogens is 256 g/mol. The van der Waals surface area contributed by atoms with Crippen LogP contribution in [0.1, 0.15) is 79.1 Å². The van der Waals surface area contributed by atoms with Crippen molar-refractivity contribution in [3.63, 3.8) is 0 Å². The van der Waals surface area contributed by atoms with E-state index in [1.807, 2.05) is 0 Å². The summed E-state index contributed by atoms with van der Waals surface area (Å²) in [5.74, 6) is 1.78. The molecule has 1 aliphatic rings. The van der Waals surface area contributed by atoms with E-state index in [9.17, 15) is 0 Å². The molecule has 0 aromatic rings. The Kier molecular flexibility index (Phi) is 8.89. The van der Waals surface area contributed by atoms with Gasteiger partial charge in [0.15, 0.2) is 0 Å². The molecule has 126 valence electrons. The van der Waals surface area contributed by atoms with E-state index in [2.05, 4.69) is 32.6 Å². The first-order chi connectivity index (χ1) is 9.97. The highest BCUT2D eigenvalue weighted by Gasteiger charge is 2.26. The zero-order valence-electron chi connectivity index (χ0n) is 15.2. The maximum absolute atomic E-state index is 5.74. The lowest BCUT2D eigenvalue weighted by Gasteiger charge is -2.29. The van der Waals surface area contributed by atoms with Crippen LogP contribution in [0.25, 0.3) is 0 Å². The van der Waals surface area contributed by atoms with Crippen molar-refractivity contribution in [2.45, 2.75) is 79.1 Å². The van der Waals surface area contributed by atoms with Gasteiger partial charge in [-0.1, -0.05) is 40.5 Å². The van der Waals surface area contributed by atoms with Gasteiger partial charge in [0.2, 0.25) is 0 Å². The van der Waals surface area contributed by atoms with Gasteiger partial charge in [-0.15, -0.1) is 0 Å². The molecule has 0 aliphatic carbocycles. The first-order valence-corrected chi connectivity index (χ1v) is 9.39. The smallest absolute Gasteiger partial charge is 0.00159 e. The first kappa shape index (κ1) is 19.0. The summed E-state index contributed by atoms with van der Waals surface area (Å²) in [7, 11) is 0. The van der Waals surface area contributed by atoms with Crippen molar-refractivity contribution in [3.8, 4) is 0 Å². The Morgan fingerprint density at radius 3 is 2.48 bits per heavy atom. The van der Waals surface area contributed by atoms with Crippen LogP contribution in [-0.2, 0) is 0 Å². The van der Waals surface area contributed by atoms with Gasteiger partial charge in [-0.2, -0.15) is 0 Å². The van der Waals surface area contributed by atoms with Crippen molar-refractivity contribution in [1.82, 2.24) is 4.90 Å². The molecule has 2 heteroatoms. The van der Waals surface area contributed by atoms with Crippen molar-refractivity contribution in [2.75, 3.05) is 26.2 Å². The molecule has 1 rings (SSSR count). The van der Waals surface area contributed by atoms with Crippen molar-refractivity contribution in [2.24, 2.45) is 23.0 Å². The molecule has 1 aliphatic heterocycles. The molecule has 2 atom stereocenters. The van der Waals surface area contributed by atoms with Crippen LogP contribution in [0, 0.1) is 17.3 Å². The minimum absolute atomic E-state index is 0.489. The molecule has 0 bridgehead atoms. The molecule has 0 saturated carbocycles. The Balaban J connectivity index is 2.26. The van der Waals surface area contributed by atoms with E-state index in [-0.39, 0.29) is 0 Å². The quantitative estimate of drug-likeness (QED) is 0.704. The molecule has 1 saturated heterocycles. The Morgan fingerprint density at radius 2 is 1.86 bits per heavy atom. The van der Waals surface area contributed by atoms with Crippen LogP contribution >= 0.6 is 0 Å². The molecule has 0 spiro atoms. The molecule has 2 N–H and O–H groups in total. The predicted molar refractivity (Wildman–Crippen MR) is 94.5 cm³/mol. The first-order valence-electron chi connectivity index (χ1n) is 9.39. The Hall–Kier alpha value is -0.0800. The van der Waals surface area contributed by atoms with Gasteiger partial charge in [-0.25, -0.2) is 0 Å². The third kappa shape index (κ3) is 7.65. The summed E-state index contributed by atoms with van der Waals surface area (Å²) in [5.41, 5.74) is 6.23. The lowest BCUT2D eigenvalue weighted by Crippen LogP contribution is -2.27. The fraction of sp³-hybridized carbons (Fsp3) is 1.00. The van der Waals surface area contributed by atoms with Crippen LogP contribution in [0.2, 0.25) is 0 Å². The van der Waals surface area contributed by atoms with Gasteiger partial charge in [-0.3, -0.25) is 0 Å². The normalized spacial score (nSPS) is 23.0. The average Bonchev–Trinajstić information content (AvgIpc) is 2.64. The second-order valence-corrected chi connectivity index (χ2v) is 8.21. The Bertz CT molecular complexity index is 251. The third-order valence-corrected chi connectivity index (χ3v) is 5.40. The minimum atomic E-state index is 0.489. The maximum atomic E-state index is 5.74. The van der Waals surface area contributed by atoms with Crippen LogP contribution in [0.4, 0.5) is 0 Å². The van der Waals surface area contributed by atoms with Crippen molar-refractivity contribution >= 4 is 0 Å². The van der Waals surface area contributed by atoms with E-state index in [1.54, 1.807) is 0 Å². The highest BCUT2D eigenvalue weighted by Crippen LogP contribution is 2.34. The summed E-state index contributed by atoms with van der Waals surface area (Å²) >= 11 is 0. The number of nitrogens with zero attached hydrogens (tertiary/aromatic N) is 1. The standard InChI is InChI=1S/C19H40N2/c1-5-8-17(11-13-20)9-6-14-21-15-7-10-18(12-16-21)19(2,3)4/h17-18H,5-16,20H2,1-4H3. The van der Waals surface area contributed by atoms with Gasteiger partial charge < -0.3 is 10.6 Å². The number of hydrogen-bond donors (Lipinski definition) is 1. The lowest BCUT2D eigenvalue weighted by molar-refractivity contribution is 0.206. The minimum Gasteiger partial charge on any atom is -0.330 e. The van der Waals surface area contributed by atoms with Crippen molar-refractivity contribution < 1.29 is 0 Å². The maximum Gasteiger partial charge on any atom is -0.00159 e. The highest BCUT2D eigenvalue weighted by molar-refractivity contribution is 4.79. The van der Waals surface area contributed by atoms with Crippen LogP contribution in [0.3, 0.4) is 0 Å². The largest absolute Gasteiger partial charge is 0.330 e. The number of likely N-dealkylation sites (tertiary alicyclic amines) is 1. The van der Waals surface area contributed by atoms with E-state index >= 15 is 0 Å². The fourth-order valence-corrected chi connectivity index (χ4v) is 3.93. The van der Waals surface area contributed by atoms with Crippen molar-refractivity contribution in [1.29, 1.82) is 0 Å². The summed E-state index contributed by atoms with van der Waals surface area (Å²) in [5, 5.41) is 0. The van der Waals surface area contributed by atoms with Gasteiger partial charge in [0.05, 0.1) is 0 Å². The number of hydrogen-bond acceptors (Lipinski definition) is 2. The Labute approximate surface area is 133 Å². The van der Waals surface area contributed by atoms with Gasteiger partial charge >= 0.3 is 0 Å². The topological polar surface area (TPSA) is 29.3 Å². The van der Waals surface area contributed by atoms with Gasteiger partial charge in [0.1, 0.15) is 0 Å². The molecular formula is C19H40N2. The van der Waals surface area contributed by atoms with Gasteiger partial charge in [-0.05, 0) is 82.0 Å². The molecule has 0 aromatic carbocycles. The molecule has 21 heavy (non-hydrogen) atoms. The zero-order chi connectivity index (χ0) is 15.7. The second-order valence-electron chi connectivity index (χ2n) is 8.21. The summed E-state index contributed by atoms with van der Waals surface area (Å²) in [6.07, 6.45) is 10.8. The molecule has 0 amide bonds. The van der Waals surface area contributed by atoms with Crippen LogP contribution < -0.4 is 5.73 Å². The molecule has 1 heterocycles. The van der Waals surface area contributed by atoms with Crippen LogP contribution in [0.15, 0.2) is 0 Å². The molecule has 1 fully saturated rings.